The number of nitrogens with one attached hydrogen (secondary N) is 1. The van der Waals surface area contributed by atoms with Crippen LogP contribution in [0.4, 0.5) is 4.39 Å². The number of sulfonamides is 1. The van der Waals surface area contributed by atoms with Crippen LogP contribution in [0.25, 0.3) is 31.8 Å². The maximum absolute atomic E-state index is 13.1. The van der Waals surface area contributed by atoms with Crippen molar-refractivity contribution < 1.29 is 22.3 Å². The molecule has 5 rings (SSSR count). The van der Waals surface area contributed by atoms with Gasteiger partial charge in [0.15, 0.2) is 0 Å². The summed E-state index contributed by atoms with van der Waals surface area (Å²) >= 11 is 7.87. The van der Waals surface area contributed by atoms with Crippen LogP contribution < -0.4 is 9.46 Å². The third-order valence-corrected chi connectivity index (χ3v) is 8.36. The molecule has 0 aliphatic heterocycles. The van der Waals surface area contributed by atoms with Crippen LogP contribution in [-0.2, 0) is 21.4 Å². The summed E-state index contributed by atoms with van der Waals surface area (Å²) in [5, 5.41) is 1.27. The maximum atomic E-state index is 13.1. The molecule has 8 nitrogen and oxygen atoms in total. The molecule has 2 heterocycles. The van der Waals surface area contributed by atoms with Gasteiger partial charge in [-0.05, 0) is 61.0 Å². The first-order valence-corrected chi connectivity index (χ1v) is 14.1. The van der Waals surface area contributed by atoms with Gasteiger partial charge in [0, 0.05) is 24.2 Å². The van der Waals surface area contributed by atoms with Gasteiger partial charge in [0.1, 0.15) is 23.2 Å². The van der Waals surface area contributed by atoms with E-state index in [1.807, 2.05) is 25.1 Å². The maximum Gasteiger partial charge on any atom is 0.240 e. The van der Waals surface area contributed by atoms with Crippen LogP contribution in [0.1, 0.15) is 11.3 Å². The van der Waals surface area contributed by atoms with Gasteiger partial charge in [-0.3, -0.25) is 4.98 Å². The number of hydrogen-bond acceptors (Lipinski definition) is 8. The first-order chi connectivity index (χ1) is 18.2. The van der Waals surface area contributed by atoms with Crippen LogP contribution in [0.2, 0.25) is 5.02 Å². The first kappa shape index (κ1) is 26.4. The van der Waals surface area contributed by atoms with Crippen molar-refractivity contribution in [3.63, 3.8) is 0 Å². The second-order valence-corrected chi connectivity index (χ2v) is 11.7. The molecule has 0 saturated carbocycles. The van der Waals surface area contributed by atoms with Crippen LogP contribution in [0, 0.1) is 12.7 Å². The number of fused-ring (bicyclic) bond motifs is 2. The predicted octanol–water partition coefficient (Wildman–Crippen LogP) is 5.51. The van der Waals surface area contributed by atoms with Crippen LogP contribution in [-0.4, -0.2) is 43.6 Å². The van der Waals surface area contributed by atoms with Crippen molar-refractivity contribution in [2.24, 2.45) is 0 Å². The third kappa shape index (κ3) is 5.62. The van der Waals surface area contributed by atoms with E-state index >= 15 is 0 Å². The molecular formula is C26H22ClFN4O4S2. The predicted molar refractivity (Wildman–Crippen MR) is 146 cm³/mol. The zero-order valence-electron chi connectivity index (χ0n) is 20.4. The summed E-state index contributed by atoms with van der Waals surface area (Å²) in [6, 6.07) is 11.9. The van der Waals surface area contributed by atoms with Gasteiger partial charge in [-0.1, -0.05) is 11.6 Å². The molecule has 0 amide bonds. The van der Waals surface area contributed by atoms with E-state index in [0.717, 1.165) is 38.5 Å². The Kier molecular flexibility index (Phi) is 7.55. The molecule has 196 valence electrons. The van der Waals surface area contributed by atoms with Gasteiger partial charge in [-0.25, -0.2) is 27.5 Å². The number of aromatic nitrogens is 3. The highest BCUT2D eigenvalue weighted by Gasteiger charge is 2.16. The molecule has 5 aromatic rings. The monoisotopic (exact) mass is 572 g/mol. The number of nitrogens with zero attached hydrogens (tertiary/aromatic N) is 3. The van der Waals surface area contributed by atoms with E-state index in [1.165, 1.54) is 23.5 Å². The van der Waals surface area contributed by atoms with Gasteiger partial charge in [-0.15, -0.1) is 11.3 Å². The number of rotatable bonds is 9. The van der Waals surface area contributed by atoms with Gasteiger partial charge >= 0.3 is 0 Å². The minimum Gasteiger partial charge on any atom is -0.492 e. The van der Waals surface area contributed by atoms with E-state index in [1.54, 1.807) is 19.4 Å². The van der Waals surface area contributed by atoms with Crippen LogP contribution in [0.15, 0.2) is 59.6 Å². The van der Waals surface area contributed by atoms with Crippen LogP contribution in [0.3, 0.4) is 0 Å². The first-order valence-electron chi connectivity index (χ1n) is 11.5. The Balaban J connectivity index is 1.35. The van der Waals surface area contributed by atoms with Crippen molar-refractivity contribution in [3.05, 3.63) is 76.8 Å². The Morgan fingerprint density at radius 3 is 2.63 bits per heavy atom. The summed E-state index contributed by atoms with van der Waals surface area (Å²) in [5.41, 5.74) is 4.57. The molecule has 12 heteroatoms. The second-order valence-electron chi connectivity index (χ2n) is 8.42. The van der Waals surface area contributed by atoms with Crippen LogP contribution in [0.5, 0.6) is 5.75 Å². The smallest absolute Gasteiger partial charge is 0.240 e. The number of aryl methyl sites for hydroxylation is 1. The van der Waals surface area contributed by atoms with Crippen molar-refractivity contribution in [3.8, 4) is 16.3 Å². The Bertz CT molecular complexity index is 1740. The standard InChI is InChI=1S/C26H22ClFN4O4S2/c1-15-9-19(36-8-7-30-38(33,34)20-5-3-17(28)4-6-20)12-23-24(15)32-26(37-23)21-10-16(27)11-22-25(21)29-13-18(31-22)14-35-2/h3-6,9-13,30H,7-8,14H2,1-2H3. The van der Waals surface area contributed by atoms with E-state index in [4.69, 9.17) is 26.1 Å². The summed E-state index contributed by atoms with van der Waals surface area (Å²) in [6.07, 6.45) is 1.68. The Hall–Kier alpha value is -3.22. The van der Waals surface area contributed by atoms with E-state index in [9.17, 15) is 12.8 Å². The van der Waals surface area contributed by atoms with Gasteiger partial charge in [0.25, 0.3) is 0 Å². The minimum atomic E-state index is -3.76. The van der Waals surface area contributed by atoms with Gasteiger partial charge in [0.05, 0.1) is 44.6 Å². The molecule has 0 aliphatic rings. The molecule has 0 radical (unpaired) electrons. The highest BCUT2D eigenvalue weighted by molar-refractivity contribution is 7.89. The largest absolute Gasteiger partial charge is 0.492 e. The highest BCUT2D eigenvalue weighted by atomic mass is 35.5. The quantitative estimate of drug-likeness (QED) is 0.232. The van der Waals surface area contributed by atoms with Crippen molar-refractivity contribution in [1.82, 2.24) is 19.7 Å². The van der Waals surface area contributed by atoms with Crippen LogP contribution >= 0.6 is 22.9 Å². The van der Waals surface area contributed by atoms with E-state index in [2.05, 4.69) is 14.7 Å². The molecule has 0 saturated heterocycles. The molecule has 0 unspecified atom stereocenters. The zero-order chi connectivity index (χ0) is 26.9. The number of halogens is 2. The summed E-state index contributed by atoms with van der Waals surface area (Å²) in [7, 11) is -2.16. The summed E-state index contributed by atoms with van der Waals surface area (Å²) in [6.45, 7) is 2.43. The Morgan fingerprint density at radius 1 is 1.08 bits per heavy atom. The summed E-state index contributed by atoms with van der Waals surface area (Å²) in [5.74, 6) is 0.0862. The fourth-order valence-electron chi connectivity index (χ4n) is 3.91. The third-order valence-electron chi connectivity index (χ3n) is 5.63. The number of thiazole rings is 1. The molecule has 3 aromatic carbocycles. The molecule has 0 bridgehead atoms. The Labute approximate surface area is 227 Å². The lowest BCUT2D eigenvalue weighted by atomic mass is 10.1. The summed E-state index contributed by atoms with van der Waals surface area (Å²) in [4.78, 5) is 14.0. The van der Waals surface area contributed by atoms with E-state index < -0.39 is 15.8 Å². The molecule has 1 N–H and O–H groups in total. The van der Waals surface area contributed by atoms with E-state index in [0.29, 0.717) is 34.1 Å². The molecule has 38 heavy (non-hydrogen) atoms. The minimum absolute atomic E-state index is 0.0125. The van der Waals surface area contributed by atoms with Crippen molar-refractivity contribution in [2.75, 3.05) is 20.3 Å². The average molecular weight is 573 g/mol. The lowest BCUT2D eigenvalue weighted by Crippen LogP contribution is -2.28. The lowest BCUT2D eigenvalue weighted by molar-refractivity contribution is 0.181. The van der Waals surface area contributed by atoms with Crippen molar-refractivity contribution >= 4 is 54.2 Å². The summed E-state index contributed by atoms with van der Waals surface area (Å²) < 4.78 is 52.2. The van der Waals surface area contributed by atoms with E-state index in [-0.39, 0.29) is 18.0 Å². The second kappa shape index (κ2) is 10.9. The normalized spacial score (nSPS) is 11.9. The lowest BCUT2D eigenvalue weighted by Gasteiger charge is -2.09. The Morgan fingerprint density at radius 2 is 1.87 bits per heavy atom. The zero-order valence-corrected chi connectivity index (χ0v) is 22.8. The molecule has 0 fully saturated rings. The fraction of sp³-hybridized carbons (Fsp3) is 0.192. The molecule has 0 spiro atoms. The highest BCUT2D eigenvalue weighted by Crippen LogP contribution is 2.37. The van der Waals surface area contributed by atoms with Crippen molar-refractivity contribution in [2.45, 2.75) is 18.4 Å². The van der Waals surface area contributed by atoms with Gasteiger partial charge in [-0.2, -0.15) is 0 Å². The van der Waals surface area contributed by atoms with Gasteiger partial charge < -0.3 is 9.47 Å². The number of methoxy groups -OCH3 is 1. The molecule has 2 aromatic heterocycles. The van der Waals surface area contributed by atoms with Gasteiger partial charge in [0.2, 0.25) is 10.0 Å². The SMILES string of the molecule is COCc1cnc2c(-c3nc4c(C)cc(OCCNS(=O)(=O)c5ccc(F)cc5)cc4s3)cc(Cl)cc2n1. The average Bonchev–Trinajstić information content (AvgIpc) is 3.31. The number of benzene rings is 3. The van der Waals surface area contributed by atoms with Crippen molar-refractivity contribution in [1.29, 1.82) is 0 Å². The topological polar surface area (TPSA) is 103 Å². The number of ether oxygens (including phenoxy) is 2. The fourth-order valence-corrected chi connectivity index (χ4v) is 6.23. The molecular weight excluding hydrogens is 551 g/mol. The number of hydrogen-bond donors (Lipinski definition) is 1. The molecule has 0 atom stereocenters. The molecule has 0 aliphatic carbocycles.